The van der Waals surface area contributed by atoms with Crippen LogP contribution in [0, 0.1) is 0 Å². The van der Waals surface area contributed by atoms with E-state index in [0.717, 1.165) is 5.56 Å². The fraction of sp³-hybridized carbons (Fsp3) is 0.0500. The maximum absolute atomic E-state index is 12.7. The summed E-state index contributed by atoms with van der Waals surface area (Å²) in [6.45, 7) is 1.50. The molecule has 5 heteroatoms. The van der Waals surface area contributed by atoms with E-state index >= 15 is 0 Å². The fourth-order valence-electron chi connectivity index (χ4n) is 2.38. The number of nitrogens with zero attached hydrogens (tertiary/aromatic N) is 1. The number of carbonyl (C=O) groups excluding carboxylic acids is 2. The number of thioether (sulfide) groups is 1. The summed E-state index contributed by atoms with van der Waals surface area (Å²) in [5.74, 6) is -0.220. The van der Waals surface area contributed by atoms with Gasteiger partial charge in [0.1, 0.15) is 0 Å². The van der Waals surface area contributed by atoms with Gasteiger partial charge in [0.25, 0.3) is 5.91 Å². The number of hydrogen-bond donors (Lipinski definition) is 0. The van der Waals surface area contributed by atoms with E-state index in [0.29, 0.717) is 20.5 Å². The smallest absolute Gasteiger partial charge is 0.270 e. The second kappa shape index (κ2) is 7.59. The van der Waals surface area contributed by atoms with Crippen LogP contribution in [0.5, 0.6) is 0 Å². The molecule has 0 bridgehead atoms. The Kier molecular flexibility index (Phi) is 5.26. The number of anilines is 1. The summed E-state index contributed by atoms with van der Waals surface area (Å²) in [4.78, 5) is 26.3. The molecule has 0 N–H and O–H groups in total. The van der Waals surface area contributed by atoms with Gasteiger partial charge in [-0.05, 0) is 30.7 Å². The third-order valence-electron chi connectivity index (χ3n) is 3.64. The molecule has 2 aromatic carbocycles. The Hall–Kier alpha value is -2.50. The Labute approximate surface area is 156 Å². The van der Waals surface area contributed by atoms with Crippen LogP contribution in [-0.4, -0.2) is 16.0 Å². The van der Waals surface area contributed by atoms with E-state index in [1.54, 1.807) is 30.3 Å². The minimum atomic E-state index is -0.173. The molecular weight excluding hydrogens is 350 g/mol. The third-order valence-corrected chi connectivity index (χ3v) is 4.96. The molecule has 0 unspecified atom stereocenters. The van der Waals surface area contributed by atoms with E-state index in [1.807, 2.05) is 42.5 Å². The van der Waals surface area contributed by atoms with E-state index < -0.39 is 0 Å². The van der Waals surface area contributed by atoms with Crippen LogP contribution in [0.25, 0.3) is 6.08 Å². The van der Waals surface area contributed by atoms with Gasteiger partial charge in [0.2, 0.25) is 0 Å². The largest absolute Gasteiger partial charge is 0.295 e. The highest BCUT2D eigenvalue weighted by Gasteiger charge is 2.33. The molecule has 0 atom stereocenters. The van der Waals surface area contributed by atoms with Crippen molar-refractivity contribution in [2.24, 2.45) is 0 Å². The molecule has 2 aromatic rings. The highest BCUT2D eigenvalue weighted by Crippen LogP contribution is 2.35. The summed E-state index contributed by atoms with van der Waals surface area (Å²) in [7, 11) is 0. The molecule has 0 aliphatic carbocycles. The molecule has 124 valence electrons. The molecule has 1 amide bonds. The lowest BCUT2D eigenvalue weighted by atomic mass is 10.1. The number of amides is 1. The standard InChI is InChI=1S/C20H15NO2S2/c1-14(22)16-10-6-11-17(13-16)21-19(23)18(25-20(21)24)12-5-9-15-7-3-2-4-8-15/h2-13H,1H3. The second-order valence-corrected chi connectivity index (χ2v) is 7.09. The van der Waals surface area contributed by atoms with E-state index in [2.05, 4.69) is 0 Å². The van der Waals surface area contributed by atoms with E-state index in [1.165, 1.54) is 23.6 Å². The molecule has 1 aliphatic heterocycles. The molecule has 3 nitrogen and oxygen atoms in total. The van der Waals surface area contributed by atoms with Gasteiger partial charge in [-0.3, -0.25) is 14.5 Å². The molecule has 1 fully saturated rings. The van der Waals surface area contributed by atoms with Crippen molar-refractivity contribution in [2.45, 2.75) is 6.92 Å². The van der Waals surface area contributed by atoms with E-state index in [9.17, 15) is 9.59 Å². The van der Waals surface area contributed by atoms with Crippen molar-refractivity contribution in [3.05, 3.63) is 82.8 Å². The van der Waals surface area contributed by atoms with Crippen LogP contribution < -0.4 is 4.90 Å². The van der Waals surface area contributed by atoms with Gasteiger partial charge in [-0.25, -0.2) is 0 Å². The number of benzene rings is 2. The molecule has 3 rings (SSSR count). The lowest BCUT2D eigenvalue weighted by Crippen LogP contribution is -2.27. The SMILES string of the molecule is CC(=O)c1cccc(N2C(=O)C(=CC=Cc3ccccc3)SC2=S)c1. The van der Waals surface area contributed by atoms with Crippen LogP contribution in [0.1, 0.15) is 22.8 Å². The number of carbonyl (C=O) groups is 2. The summed E-state index contributed by atoms with van der Waals surface area (Å²) >= 11 is 6.61. The molecule has 0 radical (unpaired) electrons. The molecule has 1 saturated heterocycles. The Bertz CT molecular complexity index is 901. The lowest BCUT2D eigenvalue weighted by molar-refractivity contribution is -0.113. The van der Waals surface area contributed by atoms with Gasteiger partial charge in [-0.15, -0.1) is 0 Å². The Morgan fingerprint density at radius 1 is 1.12 bits per heavy atom. The highest BCUT2D eigenvalue weighted by molar-refractivity contribution is 8.27. The fourth-order valence-corrected chi connectivity index (χ4v) is 3.63. The Morgan fingerprint density at radius 3 is 2.60 bits per heavy atom. The first-order valence-electron chi connectivity index (χ1n) is 7.67. The van der Waals surface area contributed by atoms with Gasteiger partial charge in [-0.2, -0.15) is 0 Å². The number of allylic oxidation sites excluding steroid dienone is 2. The Balaban J connectivity index is 1.83. The summed E-state index contributed by atoms with van der Waals surface area (Å²) in [5, 5.41) is 0. The highest BCUT2D eigenvalue weighted by atomic mass is 32.2. The zero-order valence-electron chi connectivity index (χ0n) is 13.5. The van der Waals surface area contributed by atoms with Crippen molar-refractivity contribution >= 4 is 51.8 Å². The van der Waals surface area contributed by atoms with E-state index in [-0.39, 0.29) is 11.7 Å². The van der Waals surface area contributed by atoms with Gasteiger partial charge in [-0.1, -0.05) is 78.6 Å². The van der Waals surface area contributed by atoms with Crippen molar-refractivity contribution in [3.63, 3.8) is 0 Å². The van der Waals surface area contributed by atoms with Crippen LogP contribution >= 0.6 is 24.0 Å². The van der Waals surface area contributed by atoms with Crippen LogP contribution in [0.15, 0.2) is 71.7 Å². The molecule has 25 heavy (non-hydrogen) atoms. The van der Waals surface area contributed by atoms with Gasteiger partial charge < -0.3 is 0 Å². The number of hydrogen-bond acceptors (Lipinski definition) is 4. The summed E-state index contributed by atoms with van der Waals surface area (Å²) in [5.41, 5.74) is 2.23. The number of rotatable bonds is 4. The number of thiocarbonyl (C=S) groups is 1. The first-order chi connectivity index (χ1) is 12.1. The monoisotopic (exact) mass is 365 g/mol. The molecule has 0 aromatic heterocycles. The quantitative estimate of drug-likeness (QED) is 0.441. The molecule has 0 saturated carbocycles. The second-order valence-electron chi connectivity index (χ2n) is 5.42. The Morgan fingerprint density at radius 2 is 1.88 bits per heavy atom. The third kappa shape index (κ3) is 3.95. The number of Topliss-reactive ketones (excluding diaryl/α,β-unsaturated/α-hetero) is 1. The predicted molar refractivity (Wildman–Crippen MR) is 108 cm³/mol. The molecular formula is C20H15NO2S2. The van der Waals surface area contributed by atoms with Crippen molar-refractivity contribution in [1.82, 2.24) is 0 Å². The minimum Gasteiger partial charge on any atom is -0.295 e. The van der Waals surface area contributed by atoms with Crippen molar-refractivity contribution in [2.75, 3.05) is 4.90 Å². The molecule has 1 aliphatic rings. The summed E-state index contributed by atoms with van der Waals surface area (Å²) in [6, 6.07) is 16.8. The lowest BCUT2D eigenvalue weighted by Gasteiger charge is -2.15. The first kappa shape index (κ1) is 17.3. The van der Waals surface area contributed by atoms with Crippen LogP contribution in [0.4, 0.5) is 5.69 Å². The van der Waals surface area contributed by atoms with Gasteiger partial charge in [0.05, 0.1) is 10.6 Å². The maximum Gasteiger partial charge on any atom is 0.270 e. The van der Waals surface area contributed by atoms with E-state index in [4.69, 9.17) is 12.2 Å². The molecule has 1 heterocycles. The average molecular weight is 365 g/mol. The van der Waals surface area contributed by atoms with Crippen molar-refractivity contribution < 1.29 is 9.59 Å². The predicted octanol–water partition coefficient (Wildman–Crippen LogP) is 4.85. The summed E-state index contributed by atoms with van der Waals surface area (Å²) in [6.07, 6.45) is 5.54. The van der Waals surface area contributed by atoms with Gasteiger partial charge in [0.15, 0.2) is 10.1 Å². The van der Waals surface area contributed by atoms with Crippen molar-refractivity contribution in [1.29, 1.82) is 0 Å². The first-order valence-corrected chi connectivity index (χ1v) is 8.89. The average Bonchev–Trinajstić information content (AvgIpc) is 2.90. The van der Waals surface area contributed by atoms with Crippen LogP contribution in [-0.2, 0) is 4.79 Å². The number of ketones is 1. The van der Waals surface area contributed by atoms with Crippen LogP contribution in [0.3, 0.4) is 0 Å². The zero-order chi connectivity index (χ0) is 17.8. The van der Waals surface area contributed by atoms with Crippen molar-refractivity contribution in [3.8, 4) is 0 Å². The molecule has 0 spiro atoms. The summed E-state index contributed by atoms with van der Waals surface area (Å²) < 4.78 is 0.463. The van der Waals surface area contributed by atoms with Gasteiger partial charge >= 0.3 is 0 Å². The minimum absolute atomic E-state index is 0.0476. The van der Waals surface area contributed by atoms with Gasteiger partial charge in [0, 0.05) is 5.56 Å². The van der Waals surface area contributed by atoms with Crippen LogP contribution in [0.2, 0.25) is 0 Å². The topological polar surface area (TPSA) is 37.4 Å². The normalized spacial score (nSPS) is 16.2. The zero-order valence-corrected chi connectivity index (χ0v) is 15.1. The maximum atomic E-state index is 12.7.